The van der Waals surface area contributed by atoms with Gasteiger partial charge in [-0.25, -0.2) is 0 Å². The lowest BCUT2D eigenvalue weighted by atomic mass is 9.97. The number of allylic oxidation sites excluding steroid dienone is 1. The topological polar surface area (TPSA) is 63.6 Å². The van der Waals surface area contributed by atoms with Crippen molar-refractivity contribution in [3.8, 4) is 11.5 Å². The minimum absolute atomic E-state index is 0.0618. The van der Waals surface area contributed by atoms with E-state index in [1.54, 1.807) is 25.1 Å². The number of aromatic hydroxyl groups is 1. The number of carbonyl (C=O) groups excluding carboxylic acids is 2. The number of ether oxygens (including phenoxy) is 1. The van der Waals surface area contributed by atoms with Crippen LogP contribution in [-0.4, -0.2) is 23.8 Å². The van der Waals surface area contributed by atoms with Crippen molar-refractivity contribution < 1.29 is 19.4 Å². The van der Waals surface area contributed by atoms with Crippen LogP contribution in [0.2, 0.25) is 0 Å². The molecule has 2 aromatic rings. The number of phenolic OH excluding ortho intramolecular Hbond substituents is 1. The molecule has 4 nitrogen and oxygen atoms in total. The van der Waals surface area contributed by atoms with Gasteiger partial charge in [-0.3, -0.25) is 9.59 Å². The standard InChI is InChI=1S/C19H20O4S/c1-3-16(20)15(10-14-8-9-24-12-14)17(21)6-4-13-5-7-18(22)19(11-13)23-2/h5,7-12,22H,3-4,6H2,1-2H3. The van der Waals surface area contributed by atoms with Gasteiger partial charge in [0.2, 0.25) is 0 Å². The molecule has 0 saturated heterocycles. The third-order valence-corrected chi connectivity index (χ3v) is 4.36. The zero-order valence-electron chi connectivity index (χ0n) is 13.7. The van der Waals surface area contributed by atoms with Crippen LogP contribution in [0.1, 0.15) is 30.9 Å². The van der Waals surface area contributed by atoms with E-state index in [0.717, 1.165) is 11.1 Å². The van der Waals surface area contributed by atoms with Gasteiger partial charge in [0.1, 0.15) is 0 Å². The van der Waals surface area contributed by atoms with Crippen molar-refractivity contribution in [1.82, 2.24) is 0 Å². The third kappa shape index (κ3) is 4.55. The lowest BCUT2D eigenvalue weighted by Crippen LogP contribution is -2.13. The second kappa shape index (κ2) is 8.45. The molecule has 0 fully saturated rings. The molecule has 1 aromatic heterocycles. The summed E-state index contributed by atoms with van der Waals surface area (Å²) in [6.45, 7) is 1.75. The van der Waals surface area contributed by atoms with Gasteiger partial charge in [0.25, 0.3) is 0 Å². The molecule has 0 aliphatic rings. The molecule has 0 amide bonds. The summed E-state index contributed by atoms with van der Waals surface area (Å²) in [4.78, 5) is 24.6. The van der Waals surface area contributed by atoms with E-state index in [2.05, 4.69) is 0 Å². The first-order chi connectivity index (χ1) is 11.5. The van der Waals surface area contributed by atoms with E-state index < -0.39 is 0 Å². The highest BCUT2D eigenvalue weighted by atomic mass is 32.1. The molecule has 126 valence electrons. The van der Waals surface area contributed by atoms with E-state index in [1.165, 1.54) is 24.5 Å². The lowest BCUT2D eigenvalue weighted by Gasteiger charge is -2.08. The normalized spacial score (nSPS) is 11.3. The first kappa shape index (κ1) is 17.9. The summed E-state index contributed by atoms with van der Waals surface area (Å²) in [5.41, 5.74) is 2.00. The number of benzene rings is 1. The Morgan fingerprint density at radius 1 is 1.25 bits per heavy atom. The van der Waals surface area contributed by atoms with Crippen molar-refractivity contribution in [2.45, 2.75) is 26.2 Å². The first-order valence-corrected chi connectivity index (χ1v) is 8.65. The van der Waals surface area contributed by atoms with Gasteiger partial charge < -0.3 is 9.84 Å². The van der Waals surface area contributed by atoms with Gasteiger partial charge in [-0.15, -0.1) is 0 Å². The highest BCUT2D eigenvalue weighted by molar-refractivity contribution is 7.08. The summed E-state index contributed by atoms with van der Waals surface area (Å²) in [6.07, 6.45) is 2.68. The second-order valence-corrected chi connectivity index (χ2v) is 6.10. The van der Waals surface area contributed by atoms with Crippen LogP contribution in [0.25, 0.3) is 6.08 Å². The molecule has 5 heteroatoms. The minimum atomic E-state index is -0.167. The van der Waals surface area contributed by atoms with Crippen LogP contribution in [0.3, 0.4) is 0 Å². The molecule has 1 aromatic carbocycles. The lowest BCUT2D eigenvalue weighted by molar-refractivity contribution is -0.121. The van der Waals surface area contributed by atoms with Gasteiger partial charge in [-0.05, 0) is 52.6 Å². The zero-order chi connectivity index (χ0) is 17.5. The third-order valence-electron chi connectivity index (χ3n) is 3.66. The molecule has 0 aliphatic heterocycles. The van der Waals surface area contributed by atoms with Crippen molar-refractivity contribution in [3.63, 3.8) is 0 Å². The Labute approximate surface area is 145 Å². The van der Waals surface area contributed by atoms with Crippen molar-refractivity contribution >= 4 is 29.0 Å². The van der Waals surface area contributed by atoms with Gasteiger partial charge in [0.05, 0.1) is 12.7 Å². The number of rotatable bonds is 8. The summed E-state index contributed by atoms with van der Waals surface area (Å²) in [6, 6.07) is 6.87. The molecule has 0 saturated carbocycles. The van der Waals surface area contributed by atoms with E-state index in [1.807, 2.05) is 16.8 Å². The number of carbonyl (C=O) groups is 2. The molecule has 0 spiro atoms. The fraction of sp³-hybridized carbons (Fsp3) is 0.263. The molecule has 0 atom stereocenters. The van der Waals surface area contributed by atoms with E-state index in [0.29, 0.717) is 18.6 Å². The van der Waals surface area contributed by atoms with Crippen molar-refractivity contribution in [2.75, 3.05) is 7.11 Å². The Hall–Kier alpha value is -2.40. The average molecular weight is 344 g/mol. The van der Waals surface area contributed by atoms with E-state index in [4.69, 9.17) is 4.74 Å². The number of hydrogen-bond acceptors (Lipinski definition) is 5. The molecule has 0 radical (unpaired) electrons. The molecule has 2 rings (SSSR count). The largest absolute Gasteiger partial charge is 0.504 e. The quantitative estimate of drug-likeness (QED) is 0.446. The molecule has 0 unspecified atom stereocenters. The van der Waals surface area contributed by atoms with Gasteiger partial charge in [-0.1, -0.05) is 13.0 Å². The van der Waals surface area contributed by atoms with Crippen LogP contribution in [0.5, 0.6) is 11.5 Å². The highest BCUT2D eigenvalue weighted by Gasteiger charge is 2.17. The van der Waals surface area contributed by atoms with Gasteiger partial charge in [0.15, 0.2) is 23.1 Å². The maximum Gasteiger partial charge on any atom is 0.166 e. The first-order valence-electron chi connectivity index (χ1n) is 7.71. The van der Waals surface area contributed by atoms with Crippen LogP contribution >= 0.6 is 11.3 Å². The summed E-state index contributed by atoms with van der Waals surface area (Å²) >= 11 is 1.52. The number of phenols is 1. The predicted octanol–water partition coefficient (Wildman–Crippen LogP) is 4.03. The monoisotopic (exact) mass is 344 g/mol. The van der Waals surface area contributed by atoms with Crippen molar-refractivity contribution in [3.05, 3.63) is 51.7 Å². The Balaban J connectivity index is 2.12. The van der Waals surface area contributed by atoms with Gasteiger partial charge in [0, 0.05) is 12.8 Å². The maximum atomic E-state index is 12.5. The average Bonchev–Trinajstić information content (AvgIpc) is 3.11. The molecule has 1 N–H and O–H groups in total. The Bertz CT molecular complexity index is 745. The van der Waals surface area contributed by atoms with Crippen LogP contribution in [-0.2, 0) is 16.0 Å². The fourth-order valence-electron chi connectivity index (χ4n) is 2.30. The number of hydrogen-bond donors (Lipinski definition) is 1. The molecular formula is C19H20O4S. The van der Waals surface area contributed by atoms with Crippen LogP contribution in [0, 0.1) is 0 Å². The highest BCUT2D eigenvalue weighted by Crippen LogP contribution is 2.27. The van der Waals surface area contributed by atoms with Crippen LogP contribution < -0.4 is 4.74 Å². The van der Waals surface area contributed by atoms with E-state index in [-0.39, 0.29) is 29.3 Å². The second-order valence-electron chi connectivity index (χ2n) is 5.32. The fourth-order valence-corrected chi connectivity index (χ4v) is 2.92. The van der Waals surface area contributed by atoms with Crippen LogP contribution in [0.4, 0.5) is 0 Å². The maximum absolute atomic E-state index is 12.5. The number of methoxy groups -OCH3 is 1. The summed E-state index contributed by atoms with van der Waals surface area (Å²) in [5.74, 6) is 0.125. The zero-order valence-corrected chi connectivity index (χ0v) is 14.6. The number of ketones is 2. The summed E-state index contributed by atoms with van der Waals surface area (Å²) in [5, 5.41) is 13.4. The smallest absolute Gasteiger partial charge is 0.166 e. The van der Waals surface area contributed by atoms with Gasteiger partial charge in [-0.2, -0.15) is 11.3 Å². The number of Topliss-reactive ketones (excluding diaryl/α,β-unsaturated/α-hetero) is 2. The molecule has 0 aliphatic carbocycles. The number of aryl methyl sites for hydroxylation is 1. The SMILES string of the molecule is CCC(=O)C(=Cc1ccsc1)C(=O)CCc1ccc(O)c(OC)c1. The number of thiophene rings is 1. The van der Waals surface area contributed by atoms with E-state index in [9.17, 15) is 14.7 Å². The van der Waals surface area contributed by atoms with Crippen molar-refractivity contribution in [2.24, 2.45) is 0 Å². The van der Waals surface area contributed by atoms with Crippen molar-refractivity contribution in [1.29, 1.82) is 0 Å². The molecule has 0 bridgehead atoms. The molecule has 1 heterocycles. The van der Waals surface area contributed by atoms with Gasteiger partial charge >= 0.3 is 0 Å². The minimum Gasteiger partial charge on any atom is -0.504 e. The Kier molecular flexibility index (Phi) is 6.32. The molecular weight excluding hydrogens is 324 g/mol. The summed E-state index contributed by atoms with van der Waals surface area (Å²) < 4.78 is 5.07. The molecule has 24 heavy (non-hydrogen) atoms. The van der Waals surface area contributed by atoms with Crippen LogP contribution in [0.15, 0.2) is 40.6 Å². The van der Waals surface area contributed by atoms with E-state index >= 15 is 0 Å². The summed E-state index contributed by atoms with van der Waals surface area (Å²) in [7, 11) is 1.48. The predicted molar refractivity (Wildman–Crippen MR) is 95.6 cm³/mol. The Morgan fingerprint density at radius 2 is 2.04 bits per heavy atom. The Morgan fingerprint density at radius 3 is 2.67 bits per heavy atom.